The zero-order chi connectivity index (χ0) is 16.7. The van der Waals surface area contributed by atoms with Crippen LogP contribution in [0.1, 0.15) is 51.0 Å². The summed E-state index contributed by atoms with van der Waals surface area (Å²) in [7, 11) is 0. The molecule has 1 aliphatic heterocycles. The van der Waals surface area contributed by atoms with Crippen molar-refractivity contribution in [3.63, 3.8) is 0 Å². The van der Waals surface area contributed by atoms with Gasteiger partial charge in [-0.25, -0.2) is 0 Å². The van der Waals surface area contributed by atoms with E-state index in [1.165, 1.54) is 37.8 Å². The Bertz CT molecular complexity index is 528. The van der Waals surface area contributed by atoms with Crippen molar-refractivity contribution >= 4 is 17.6 Å². The number of piperidine rings is 1. The smallest absolute Gasteiger partial charge is 0.224 e. The summed E-state index contributed by atoms with van der Waals surface area (Å²) in [6, 6.07) is 8.62. The number of hydrogen-bond donors (Lipinski definition) is 2. The first-order chi connectivity index (χ1) is 11.1. The first-order valence-corrected chi connectivity index (χ1v) is 8.51. The third-order valence-electron chi connectivity index (χ3n) is 4.60. The molecule has 5 nitrogen and oxygen atoms in total. The third kappa shape index (κ3) is 5.67. The third-order valence-corrected chi connectivity index (χ3v) is 4.60. The van der Waals surface area contributed by atoms with E-state index in [0.717, 1.165) is 12.6 Å². The molecule has 1 aliphatic rings. The van der Waals surface area contributed by atoms with Gasteiger partial charge in [-0.05, 0) is 44.2 Å². The number of hydrogen-bond acceptors (Lipinski definition) is 3. The maximum atomic E-state index is 11.6. The molecule has 0 spiro atoms. The van der Waals surface area contributed by atoms with E-state index in [0.29, 0.717) is 5.69 Å². The monoisotopic (exact) mass is 318 g/mol. The van der Waals surface area contributed by atoms with Gasteiger partial charge < -0.3 is 20.1 Å². The van der Waals surface area contributed by atoms with Crippen molar-refractivity contribution < 1.29 is 19.6 Å². The molecule has 5 heteroatoms. The number of aliphatic carboxylic acids is 1. The SMILES string of the molecule is CC[C@@H]1CCCC[NH+]1Cc1ccc(NC(=O)CCC(=O)[O-])cc1. The van der Waals surface area contributed by atoms with Gasteiger partial charge in [0.1, 0.15) is 6.54 Å². The zero-order valence-electron chi connectivity index (χ0n) is 13.8. The van der Waals surface area contributed by atoms with E-state index in [1.54, 1.807) is 4.90 Å². The molecule has 0 saturated carbocycles. The standard InChI is InChI=1S/C18H26N2O3/c1-2-16-5-3-4-12-20(16)13-14-6-8-15(9-7-14)19-17(21)10-11-18(22)23/h6-9,16H,2-5,10-13H2,1H3,(H,19,21)(H,22,23)/t16-/m1/s1. The number of carbonyl (C=O) groups excluding carboxylic acids is 2. The summed E-state index contributed by atoms with van der Waals surface area (Å²) in [6.45, 7) is 4.53. The number of amides is 1. The van der Waals surface area contributed by atoms with Crippen molar-refractivity contribution in [3.8, 4) is 0 Å². The molecule has 126 valence electrons. The van der Waals surface area contributed by atoms with Gasteiger partial charge in [-0.2, -0.15) is 0 Å². The van der Waals surface area contributed by atoms with Crippen LogP contribution in [0.15, 0.2) is 24.3 Å². The molecule has 2 atom stereocenters. The Morgan fingerprint density at radius 2 is 1.96 bits per heavy atom. The van der Waals surface area contributed by atoms with Gasteiger partial charge in [-0.15, -0.1) is 0 Å². The highest BCUT2D eigenvalue weighted by Gasteiger charge is 2.24. The molecule has 1 fully saturated rings. The summed E-state index contributed by atoms with van der Waals surface area (Å²) < 4.78 is 0. The van der Waals surface area contributed by atoms with Gasteiger partial charge in [0.2, 0.25) is 5.91 Å². The van der Waals surface area contributed by atoms with Gasteiger partial charge in [0, 0.05) is 23.6 Å². The van der Waals surface area contributed by atoms with E-state index in [9.17, 15) is 14.7 Å². The Balaban J connectivity index is 1.86. The van der Waals surface area contributed by atoms with Crippen molar-refractivity contribution in [1.29, 1.82) is 0 Å². The molecule has 1 aromatic carbocycles. The van der Waals surface area contributed by atoms with Gasteiger partial charge >= 0.3 is 0 Å². The minimum Gasteiger partial charge on any atom is -0.550 e. The minimum atomic E-state index is -1.20. The van der Waals surface area contributed by atoms with Crippen molar-refractivity contribution in [1.82, 2.24) is 0 Å². The van der Waals surface area contributed by atoms with E-state index in [4.69, 9.17) is 0 Å². The second kappa shape index (κ2) is 8.67. The highest BCUT2D eigenvalue weighted by atomic mass is 16.4. The fourth-order valence-corrected chi connectivity index (χ4v) is 3.28. The second-order valence-electron chi connectivity index (χ2n) is 6.30. The van der Waals surface area contributed by atoms with E-state index in [1.807, 2.05) is 24.3 Å². The lowest BCUT2D eigenvalue weighted by Gasteiger charge is -2.32. The predicted octanol–water partition coefficient (Wildman–Crippen LogP) is 0.503. The topological polar surface area (TPSA) is 73.7 Å². The number of rotatable bonds is 7. The van der Waals surface area contributed by atoms with Crippen LogP contribution in [0.3, 0.4) is 0 Å². The molecule has 2 N–H and O–H groups in total. The van der Waals surface area contributed by atoms with Gasteiger partial charge in [0.15, 0.2) is 0 Å². The fraction of sp³-hybridized carbons (Fsp3) is 0.556. The number of nitrogens with one attached hydrogen (secondary N) is 2. The summed E-state index contributed by atoms with van der Waals surface area (Å²) in [5.74, 6) is -1.50. The molecule has 1 saturated heterocycles. The molecule has 1 amide bonds. The number of quaternary nitrogens is 1. The van der Waals surface area contributed by atoms with E-state index in [-0.39, 0.29) is 18.7 Å². The van der Waals surface area contributed by atoms with Gasteiger partial charge in [-0.3, -0.25) is 4.79 Å². The lowest BCUT2D eigenvalue weighted by molar-refractivity contribution is -0.944. The molecule has 0 aromatic heterocycles. The van der Waals surface area contributed by atoms with Crippen LogP contribution < -0.4 is 15.3 Å². The molecule has 0 aliphatic carbocycles. The maximum absolute atomic E-state index is 11.6. The van der Waals surface area contributed by atoms with Crippen LogP contribution in [0.4, 0.5) is 5.69 Å². The lowest BCUT2D eigenvalue weighted by atomic mass is 9.99. The summed E-state index contributed by atoms with van der Waals surface area (Å²) in [6.07, 6.45) is 4.89. The molecule has 1 aromatic rings. The van der Waals surface area contributed by atoms with Crippen LogP contribution in [0.5, 0.6) is 0 Å². The normalized spacial score (nSPS) is 20.9. The van der Waals surface area contributed by atoms with Crippen molar-refractivity contribution in [2.75, 3.05) is 11.9 Å². The molecular formula is C18H26N2O3. The Hall–Kier alpha value is -1.88. The second-order valence-corrected chi connectivity index (χ2v) is 6.30. The summed E-state index contributed by atoms with van der Waals surface area (Å²) in [4.78, 5) is 23.6. The number of likely N-dealkylation sites (tertiary alicyclic amines) is 1. The van der Waals surface area contributed by atoms with Gasteiger partial charge in [0.05, 0.1) is 12.6 Å². The number of benzene rings is 1. The van der Waals surface area contributed by atoms with Gasteiger partial charge in [-0.1, -0.05) is 19.1 Å². The zero-order valence-corrected chi connectivity index (χ0v) is 13.8. The number of anilines is 1. The average Bonchev–Trinajstić information content (AvgIpc) is 2.55. The molecule has 23 heavy (non-hydrogen) atoms. The van der Waals surface area contributed by atoms with Crippen molar-refractivity contribution in [2.24, 2.45) is 0 Å². The lowest BCUT2D eigenvalue weighted by Crippen LogP contribution is -3.15. The predicted molar refractivity (Wildman–Crippen MR) is 86.8 cm³/mol. The largest absolute Gasteiger partial charge is 0.550 e. The molecule has 2 rings (SSSR count). The Kier molecular flexibility index (Phi) is 6.59. The van der Waals surface area contributed by atoms with Crippen LogP contribution >= 0.6 is 0 Å². The number of carboxylic acids is 1. The van der Waals surface area contributed by atoms with Crippen LogP contribution in [-0.4, -0.2) is 24.5 Å². The Morgan fingerprint density at radius 1 is 1.22 bits per heavy atom. The average molecular weight is 318 g/mol. The van der Waals surface area contributed by atoms with Crippen LogP contribution in [0.2, 0.25) is 0 Å². The highest BCUT2D eigenvalue weighted by Crippen LogP contribution is 2.11. The van der Waals surface area contributed by atoms with Crippen LogP contribution in [0.25, 0.3) is 0 Å². The molecule has 1 unspecified atom stereocenters. The highest BCUT2D eigenvalue weighted by molar-refractivity contribution is 5.92. The molecule has 0 bridgehead atoms. The molecular weight excluding hydrogens is 292 g/mol. The number of carboxylic acid groups (broad SMARTS) is 1. The number of carbonyl (C=O) groups is 2. The molecule has 0 radical (unpaired) electrons. The van der Waals surface area contributed by atoms with Gasteiger partial charge in [0.25, 0.3) is 0 Å². The first kappa shape index (κ1) is 17.5. The maximum Gasteiger partial charge on any atom is 0.224 e. The Morgan fingerprint density at radius 3 is 2.61 bits per heavy atom. The summed E-state index contributed by atoms with van der Waals surface area (Å²) >= 11 is 0. The fourth-order valence-electron chi connectivity index (χ4n) is 3.28. The van der Waals surface area contributed by atoms with Crippen LogP contribution in [0, 0.1) is 0 Å². The quantitative estimate of drug-likeness (QED) is 0.769. The van der Waals surface area contributed by atoms with Crippen molar-refractivity contribution in [2.45, 2.75) is 58.0 Å². The summed E-state index contributed by atoms with van der Waals surface area (Å²) in [5, 5.41) is 13.1. The molecule has 1 heterocycles. The van der Waals surface area contributed by atoms with Crippen LogP contribution in [-0.2, 0) is 16.1 Å². The first-order valence-electron chi connectivity index (χ1n) is 8.51. The minimum absolute atomic E-state index is 0.0554. The van der Waals surface area contributed by atoms with E-state index >= 15 is 0 Å². The summed E-state index contributed by atoms with van der Waals surface area (Å²) in [5.41, 5.74) is 1.98. The Labute approximate surface area is 137 Å². The van der Waals surface area contributed by atoms with Crippen molar-refractivity contribution in [3.05, 3.63) is 29.8 Å². The van der Waals surface area contributed by atoms with E-state index in [2.05, 4.69) is 12.2 Å². The van der Waals surface area contributed by atoms with E-state index < -0.39 is 5.97 Å².